The standard InChI is InChI=1S/C48H16N10/c1-58-48(34-16-29(20-51)13-30(17-34)21-52)47-41(32-10-6-3-7-11-32)37(24-55)43-38(25-56)42-36(23-54)40(31-8-4-2-5-9-31)44(45(42)39(26-57)46(43)47)35(22-53)33-14-27(18-49)12-28(15-33)19-50/h2-17H/b44-35+,48-47-. The van der Waals surface area contributed by atoms with Crippen LogP contribution < -0.4 is 0 Å². The SMILES string of the molecule is [C-]#[N+]/C(=C1/C(c2ccccc2)=C(C#N)c2c(C#N)c3c(c(C#N)c21)/C(=C(\C#N)c1cc(C#N)cc(C#N)c1)C(c1ccccc1)=C3C#N)c1cc(C#N)cc(C#N)c1. The van der Waals surface area contributed by atoms with E-state index < -0.39 is 0 Å². The molecular formula is C48H16N10. The van der Waals surface area contributed by atoms with E-state index in [0.717, 1.165) is 0 Å². The lowest BCUT2D eigenvalue weighted by atomic mass is 9.81. The second-order valence-electron chi connectivity index (χ2n) is 12.7. The molecule has 10 nitrogen and oxygen atoms in total. The molecule has 0 saturated carbocycles. The molecule has 0 fully saturated rings. The number of hydrogen-bond donors (Lipinski definition) is 0. The topological polar surface area (TPSA) is 218 Å². The monoisotopic (exact) mass is 732 g/mol. The van der Waals surface area contributed by atoms with E-state index in [1.165, 1.54) is 36.4 Å². The molecule has 58 heavy (non-hydrogen) atoms. The largest absolute Gasteiger partial charge is 0.237 e. The number of hydrogen-bond acceptors (Lipinski definition) is 9. The van der Waals surface area contributed by atoms with Crippen molar-refractivity contribution in [3.05, 3.63) is 186 Å². The van der Waals surface area contributed by atoms with E-state index in [-0.39, 0.29) is 111 Å². The Morgan fingerprint density at radius 1 is 0.431 bits per heavy atom. The summed E-state index contributed by atoms with van der Waals surface area (Å²) in [6.45, 7) is 8.54. The van der Waals surface area contributed by atoms with Crippen LogP contribution in [0.3, 0.4) is 0 Å². The van der Waals surface area contributed by atoms with Gasteiger partial charge < -0.3 is 0 Å². The van der Waals surface area contributed by atoms with Crippen LogP contribution in [0.25, 0.3) is 49.6 Å². The number of nitriles is 9. The highest BCUT2D eigenvalue weighted by molar-refractivity contribution is 6.36. The van der Waals surface area contributed by atoms with Crippen molar-refractivity contribution in [2.24, 2.45) is 0 Å². The molecule has 0 unspecified atom stereocenters. The zero-order valence-electron chi connectivity index (χ0n) is 29.7. The molecular weight excluding hydrogens is 717 g/mol. The van der Waals surface area contributed by atoms with Crippen molar-refractivity contribution in [3.63, 3.8) is 0 Å². The summed E-state index contributed by atoms with van der Waals surface area (Å²) in [5.41, 5.74) is 1.18. The second-order valence-corrected chi connectivity index (χ2v) is 12.7. The van der Waals surface area contributed by atoms with Gasteiger partial charge in [-0.2, -0.15) is 47.4 Å². The van der Waals surface area contributed by atoms with Gasteiger partial charge in [-0.15, -0.1) is 0 Å². The molecule has 0 N–H and O–H groups in total. The number of allylic oxidation sites excluding steroid dienone is 7. The van der Waals surface area contributed by atoms with Crippen LogP contribution in [0.5, 0.6) is 0 Å². The van der Waals surface area contributed by atoms with Crippen molar-refractivity contribution < 1.29 is 0 Å². The zero-order chi connectivity index (χ0) is 41.1. The fraction of sp³-hybridized carbons (Fsp3) is 0. The van der Waals surface area contributed by atoms with Gasteiger partial charge in [0.1, 0.15) is 30.3 Å². The predicted octanol–water partition coefficient (Wildman–Crippen LogP) is 9.03. The third-order valence-corrected chi connectivity index (χ3v) is 9.73. The van der Waals surface area contributed by atoms with Gasteiger partial charge in [0.15, 0.2) is 0 Å². The number of rotatable bonds is 4. The van der Waals surface area contributed by atoms with Crippen molar-refractivity contribution in [2.75, 3.05) is 0 Å². The maximum absolute atomic E-state index is 11.4. The van der Waals surface area contributed by atoms with Gasteiger partial charge in [0, 0.05) is 33.4 Å². The van der Waals surface area contributed by atoms with Crippen molar-refractivity contribution in [1.29, 1.82) is 47.4 Å². The Morgan fingerprint density at radius 3 is 1.21 bits per heavy atom. The average molecular weight is 733 g/mol. The van der Waals surface area contributed by atoms with Crippen molar-refractivity contribution in [1.82, 2.24) is 0 Å². The Labute approximate surface area is 332 Å². The van der Waals surface area contributed by atoms with Crippen LogP contribution in [0, 0.1) is 109 Å². The van der Waals surface area contributed by atoms with Gasteiger partial charge in [-0.05, 0) is 69.8 Å². The highest BCUT2D eigenvalue weighted by Crippen LogP contribution is 2.59. The third kappa shape index (κ3) is 5.50. The molecule has 10 heteroatoms. The average Bonchev–Trinajstić information content (AvgIpc) is 3.79. The Kier molecular flexibility index (Phi) is 9.25. The minimum atomic E-state index is -0.172. The van der Waals surface area contributed by atoms with Crippen LogP contribution in [0.15, 0.2) is 97.1 Å². The Hall–Kier alpha value is -10.0. The van der Waals surface area contributed by atoms with Gasteiger partial charge in [-0.1, -0.05) is 60.7 Å². The molecule has 0 amide bonds. The molecule has 2 aliphatic carbocycles. The highest BCUT2D eigenvalue weighted by atomic mass is 14.7. The molecule has 258 valence electrons. The van der Waals surface area contributed by atoms with E-state index >= 15 is 0 Å². The minimum absolute atomic E-state index is 0.00235. The van der Waals surface area contributed by atoms with Gasteiger partial charge in [0.25, 0.3) is 0 Å². The molecule has 0 bridgehead atoms. The van der Waals surface area contributed by atoms with Gasteiger partial charge in [0.05, 0.1) is 80.9 Å². The first kappa shape index (κ1) is 36.3. The van der Waals surface area contributed by atoms with Gasteiger partial charge in [-0.3, -0.25) is 0 Å². The molecule has 0 aliphatic heterocycles. The summed E-state index contributed by atoms with van der Waals surface area (Å²) in [6.07, 6.45) is 0. The lowest BCUT2D eigenvalue weighted by Gasteiger charge is -2.18. The lowest BCUT2D eigenvalue weighted by Crippen LogP contribution is -2.05. The first-order valence-corrected chi connectivity index (χ1v) is 17.0. The lowest BCUT2D eigenvalue weighted by molar-refractivity contribution is 1.38. The zero-order valence-corrected chi connectivity index (χ0v) is 29.7. The van der Waals surface area contributed by atoms with Crippen LogP contribution in [0.4, 0.5) is 0 Å². The summed E-state index contributed by atoms with van der Waals surface area (Å²) in [6, 6.07) is 44.6. The Balaban J connectivity index is 1.79. The third-order valence-electron chi connectivity index (χ3n) is 9.73. The molecule has 0 saturated heterocycles. The molecule has 5 aromatic carbocycles. The summed E-state index contributed by atoms with van der Waals surface area (Å²) in [7, 11) is 0. The van der Waals surface area contributed by atoms with Crippen LogP contribution >= 0.6 is 0 Å². The molecule has 0 aromatic heterocycles. The van der Waals surface area contributed by atoms with Crippen LogP contribution in [-0.2, 0) is 0 Å². The molecule has 0 spiro atoms. The van der Waals surface area contributed by atoms with E-state index in [2.05, 4.69) is 35.2 Å². The van der Waals surface area contributed by atoms with Crippen LogP contribution in [0.2, 0.25) is 0 Å². The summed E-state index contributed by atoms with van der Waals surface area (Å²) < 4.78 is 0. The van der Waals surface area contributed by atoms with E-state index in [9.17, 15) is 47.4 Å². The normalized spacial score (nSPS) is 13.6. The minimum Gasteiger partial charge on any atom is -0.237 e. The molecule has 7 rings (SSSR count). The summed E-state index contributed by atoms with van der Waals surface area (Å²) in [4.78, 5) is 3.90. The van der Waals surface area contributed by atoms with Crippen molar-refractivity contribution in [2.45, 2.75) is 0 Å². The molecule has 0 heterocycles. The van der Waals surface area contributed by atoms with E-state index in [4.69, 9.17) is 6.57 Å². The number of benzene rings is 5. The van der Waals surface area contributed by atoms with Crippen LogP contribution in [-0.4, -0.2) is 0 Å². The second kappa shape index (κ2) is 14.8. The van der Waals surface area contributed by atoms with E-state index in [1.807, 2.05) is 24.3 Å². The van der Waals surface area contributed by atoms with E-state index in [0.29, 0.717) is 11.1 Å². The fourth-order valence-corrected chi connectivity index (χ4v) is 7.55. The smallest absolute Gasteiger partial charge is 0.202 e. The van der Waals surface area contributed by atoms with Gasteiger partial charge in [-0.25, -0.2) is 4.85 Å². The molecule has 5 aromatic rings. The van der Waals surface area contributed by atoms with Crippen molar-refractivity contribution >= 4 is 44.7 Å². The van der Waals surface area contributed by atoms with E-state index in [1.54, 1.807) is 60.7 Å². The number of fused-ring (bicyclic) bond motifs is 2. The van der Waals surface area contributed by atoms with Gasteiger partial charge >= 0.3 is 0 Å². The van der Waals surface area contributed by atoms with Gasteiger partial charge in [0.2, 0.25) is 5.70 Å². The predicted molar refractivity (Wildman–Crippen MR) is 211 cm³/mol. The summed E-state index contributed by atoms with van der Waals surface area (Å²) in [5.74, 6) is 0. The van der Waals surface area contributed by atoms with Crippen LogP contribution in [0.1, 0.15) is 77.9 Å². The maximum Gasteiger partial charge on any atom is 0.202 e. The number of nitrogens with zero attached hydrogens (tertiary/aromatic N) is 10. The summed E-state index contributed by atoms with van der Waals surface area (Å²) in [5, 5.41) is 95.0. The molecule has 2 aliphatic rings. The first-order chi connectivity index (χ1) is 28.4. The fourth-order valence-electron chi connectivity index (χ4n) is 7.55. The quantitative estimate of drug-likeness (QED) is 0.127. The first-order valence-electron chi connectivity index (χ1n) is 17.0. The Morgan fingerprint density at radius 2 is 0.828 bits per heavy atom. The molecule has 0 atom stereocenters. The Bertz CT molecular complexity index is 3030. The summed E-state index contributed by atoms with van der Waals surface area (Å²) >= 11 is 0. The highest BCUT2D eigenvalue weighted by Gasteiger charge is 2.43. The van der Waals surface area contributed by atoms with Crippen molar-refractivity contribution in [3.8, 4) is 54.6 Å². The molecule has 0 radical (unpaired) electrons. The maximum atomic E-state index is 11.4.